The van der Waals surface area contributed by atoms with Gasteiger partial charge in [0.1, 0.15) is 0 Å². The van der Waals surface area contributed by atoms with Crippen LogP contribution < -0.4 is 17.7 Å². The van der Waals surface area contributed by atoms with E-state index in [2.05, 4.69) is 5.32 Å². The van der Waals surface area contributed by atoms with Crippen LogP contribution in [0.5, 0.6) is 0 Å². The predicted molar refractivity (Wildman–Crippen MR) is 95.9 cm³/mol. The largest absolute Gasteiger partial charge is 1.00 e. The van der Waals surface area contributed by atoms with Crippen LogP contribution in [0.25, 0.3) is 0 Å². The number of hydrogen-bond acceptors (Lipinski definition) is 3. The van der Waals surface area contributed by atoms with Crippen molar-refractivity contribution in [1.29, 1.82) is 0 Å². The second kappa shape index (κ2) is 7.40. The molecule has 0 spiro atoms. The lowest BCUT2D eigenvalue weighted by Crippen LogP contribution is -3.00. The van der Waals surface area contributed by atoms with Gasteiger partial charge in [0.2, 0.25) is 0 Å². The maximum absolute atomic E-state index is 12.9. The van der Waals surface area contributed by atoms with Crippen LogP contribution in [0, 0.1) is 0 Å². The average Bonchev–Trinajstić information content (AvgIpc) is 2.59. The van der Waals surface area contributed by atoms with E-state index < -0.39 is 0 Å². The molecule has 26 heavy (non-hydrogen) atoms. The topological polar surface area (TPSA) is 63.2 Å². The molecule has 0 aromatic heterocycles. The molecule has 5 nitrogen and oxygen atoms in total. The van der Waals surface area contributed by atoms with Crippen LogP contribution in [0.15, 0.2) is 42.5 Å². The van der Waals surface area contributed by atoms with Crippen LogP contribution in [-0.2, 0) is 4.79 Å². The Hall–Kier alpha value is -2.50. The first-order chi connectivity index (χ1) is 11.8. The molecule has 3 rings (SSSR count). The number of nitrogens with zero attached hydrogens (tertiary/aromatic N) is 1. The van der Waals surface area contributed by atoms with E-state index >= 15 is 0 Å². The fourth-order valence-electron chi connectivity index (χ4n) is 2.94. The molecule has 0 fully saturated rings. The molecule has 0 bridgehead atoms. The highest BCUT2D eigenvalue weighted by Gasteiger charge is 2.32. The summed E-state index contributed by atoms with van der Waals surface area (Å²) in [6.45, 7) is 3.11. The van der Waals surface area contributed by atoms with Gasteiger partial charge in [-0.1, -0.05) is 36.4 Å². The van der Waals surface area contributed by atoms with Gasteiger partial charge in [0.15, 0.2) is 18.1 Å². The Labute approximate surface area is 159 Å². The van der Waals surface area contributed by atoms with Crippen LogP contribution >= 0.6 is 0 Å². The average molecular weight is 373 g/mol. The second-order valence-corrected chi connectivity index (χ2v) is 6.89. The molecule has 2 aromatic carbocycles. The van der Waals surface area contributed by atoms with E-state index in [0.29, 0.717) is 33.4 Å². The third kappa shape index (κ3) is 3.54. The van der Waals surface area contributed by atoms with Crippen molar-refractivity contribution in [2.75, 3.05) is 32.5 Å². The van der Waals surface area contributed by atoms with Crippen molar-refractivity contribution in [2.45, 2.75) is 6.92 Å². The van der Waals surface area contributed by atoms with Gasteiger partial charge in [0, 0.05) is 16.7 Å². The number of halogens is 1. The first-order valence-corrected chi connectivity index (χ1v) is 8.27. The molecule has 136 valence electrons. The summed E-state index contributed by atoms with van der Waals surface area (Å²) < 4.78 is 0.538. The highest BCUT2D eigenvalue weighted by atomic mass is 35.5. The molecule has 0 radical (unpaired) electrons. The maximum Gasteiger partial charge on any atom is 0.279 e. The Bertz CT molecular complexity index is 890. The molecule has 0 unspecified atom stereocenters. The SMILES string of the molecule is CC[N+](C)(C)CC(=O)Nc1cccc2c1C(=O)c1ccccc1C2=O.[Cl-]. The minimum atomic E-state index is -0.231. The number of hydrogen-bond donors (Lipinski definition) is 1. The third-order valence-electron chi connectivity index (χ3n) is 4.65. The molecular weight excluding hydrogens is 352 g/mol. The van der Waals surface area contributed by atoms with Gasteiger partial charge in [-0.15, -0.1) is 0 Å². The zero-order valence-electron chi connectivity index (χ0n) is 15.0. The first kappa shape index (κ1) is 19.8. The Morgan fingerprint density at radius 1 is 0.923 bits per heavy atom. The van der Waals surface area contributed by atoms with Crippen molar-refractivity contribution < 1.29 is 31.3 Å². The van der Waals surface area contributed by atoms with Gasteiger partial charge in [-0.2, -0.15) is 0 Å². The van der Waals surface area contributed by atoms with Crippen LogP contribution in [-0.4, -0.2) is 49.1 Å². The monoisotopic (exact) mass is 372 g/mol. The van der Waals surface area contributed by atoms with Gasteiger partial charge in [-0.3, -0.25) is 14.4 Å². The normalized spacial score (nSPS) is 12.7. The molecule has 0 aliphatic heterocycles. The van der Waals surface area contributed by atoms with Crippen LogP contribution in [0.1, 0.15) is 38.8 Å². The van der Waals surface area contributed by atoms with Gasteiger partial charge >= 0.3 is 0 Å². The molecule has 1 aliphatic carbocycles. The molecule has 0 saturated heterocycles. The van der Waals surface area contributed by atoms with Gasteiger partial charge in [0.25, 0.3) is 5.91 Å². The number of fused-ring (bicyclic) bond motifs is 2. The van der Waals surface area contributed by atoms with Gasteiger partial charge in [-0.25, -0.2) is 0 Å². The highest BCUT2D eigenvalue weighted by Crippen LogP contribution is 2.31. The van der Waals surface area contributed by atoms with E-state index in [0.717, 1.165) is 6.54 Å². The number of carbonyl (C=O) groups is 3. The smallest absolute Gasteiger partial charge is 0.279 e. The van der Waals surface area contributed by atoms with Crippen molar-refractivity contribution in [3.05, 3.63) is 64.7 Å². The van der Waals surface area contributed by atoms with Gasteiger partial charge < -0.3 is 22.2 Å². The Balaban J connectivity index is 0.00000243. The molecular formula is C20H21ClN2O3. The Morgan fingerprint density at radius 3 is 2.12 bits per heavy atom. The zero-order chi connectivity index (χ0) is 18.2. The van der Waals surface area contributed by atoms with Crippen molar-refractivity contribution in [2.24, 2.45) is 0 Å². The van der Waals surface area contributed by atoms with Crippen LogP contribution in [0.3, 0.4) is 0 Å². The summed E-state index contributed by atoms with van der Waals surface area (Å²) in [5.41, 5.74) is 1.80. The number of ketones is 2. The van der Waals surface area contributed by atoms with E-state index in [1.165, 1.54) is 0 Å². The third-order valence-corrected chi connectivity index (χ3v) is 4.65. The first-order valence-electron chi connectivity index (χ1n) is 8.27. The molecule has 2 aromatic rings. The molecule has 0 saturated carbocycles. The van der Waals surface area contributed by atoms with Crippen LogP contribution in [0.2, 0.25) is 0 Å². The van der Waals surface area contributed by atoms with E-state index in [4.69, 9.17) is 0 Å². The molecule has 1 N–H and O–H groups in total. The number of benzene rings is 2. The minimum Gasteiger partial charge on any atom is -1.00 e. The minimum absolute atomic E-state index is 0. The zero-order valence-corrected chi connectivity index (χ0v) is 15.8. The Kier molecular flexibility index (Phi) is 5.64. The van der Waals surface area contributed by atoms with Crippen molar-refractivity contribution in [3.63, 3.8) is 0 Å². The number of amides is 1. The van der Waals surface area contributed by atoms with Gasteiger partial charge in [-0.05, 0) is 13.0 Å². The number of likely N-dealkylation sites (N-methyl/N-ethyl adjacent to an activating group) is 1. The van der Waals surface area contributed by atoms with E-state index in [-0.39, 0.29) is 35.4 Å². The Morgan fingerprint density at radius 2 is 1.50 bits per heavy atom. The summed E-state index contributed by atoms with van der Waals surface area (Å²) in [5.74, 6) is -0.601. The molecule has 1 aliphatic rings. The van der Waals surface area contributed by atoms with Crippen molar-refractivity contribution >= 4 is 23.2 Å². The van der Waals surface area contributed by atoms with E-state index in [1.807, 2.05) is 21.0 Å². The number of quaternary nitrogens is 1. The number of anilines is 1. The summed E-state index contributed by atoms with van der Waals surface area (Å²) >= 11 is 0. The molecule has 0 atom stereocenters. The van der Waals surface area contributed by atoms with Crippen LogP contribution in [0.4, 0.5) is 5.69 Å². The summed E-state index contributed by atoms with van der Waals surface area (Å²) in [5, 5.41) is 2.81. The summed E-state index contributed by atoms with van der Waals surface area (Å²) in [6.07, 6.45) is 0. The predicted octanol–water partition coefficient (Wildman–Crippen LogP) is -0.499. The fraction of sp³-hybridized carbons (Fsp3) is 0.250. The highest BCUT2D eigenvalue weighted by molar-refractivity contribution is 6.30. The van der Waals surface area contributed by atoms with E-state index in [1.54, 1.807) is 42.5 Å². The lowest BCUT2D eigenvalue weighted by molar-refractivity contribution is -0.880. The van der Waals surface area contributed by atoms with Gasteiger partial charge in [0.05, 0.1) is 31.9 Å². The summed E-state index contributed by atoms with van der Waals surface area (Å²) in [6, 6.07) is 11.8. The molecule has 1 amide bonds. The standard InChI is InChI=1S/C20H20N2O3.ClH/c1-4-22(2,3)12-17(23)21-16-11-7-10-15-18(16)20(25)14-9-6-5-8-13(14)19(15)24;/h5-11H,4,12H2,1-3H3;1H. The lowest BCUT2D eigenvalue weighted by Gasteiger charge is -2.27. The number of nitrogens with one attached hydrogen (secondary N) is 1. The van der Waals surface area contributed by atoms with Crippen molar-refractivity contribution in [1.82, 2.24) is 0 Å². The summed E-state index contributed by atoms with van der Waals surface area (Å²) in [7, 11) is 3.93. The summed E-state index contributed by atoms with van der Waals surface area (Å²) in [4.78, 5) is 38.0. The number of rotatable bonds is 4. The second-order valence-electron chi connectivity index (χ2n) is 6.89. The van der Waals surface area contributed by atoms with E-state index in [9.17, 15) is 14.4 Å². The maximum atomic E-state index is 12.9. The van der Waals surface area contributed by atoms with Crippen molar-refractivity contribution in [3.8, 4) is 0 Å². The quantitative estimate of drug-likeness (QED) is 0.628. The lowest BCUT2D eigenvalue weighted by atomic mass is 9.83. The molecule has 0 heterocycles. The number of carbonyl (C=O) groups excluding carboxylic acids is 3. The molecule has 6 heteroatoms. The fourth-order valence-corrected chi connectivity index (χ4v) is 2.94.